The quantitative estimate of drug-likeness (QED) is 0.900. The first-order valence-corrected chi connectivity index (χ1v) is 6.84. The van der Waals surface area contributed by atoms with E-state index in [1.807, 2.05) is 20.8 Å². The molecule has 0 spiro atoms. The lowest BCUT2D eigenvalue weighted by Crippen LogP contribution is -2.29. The highest BCUT2D eigenvalue weighted by atomic mass is 32.1. The lowest BCUT2D eigenvalue weighted by atomic mass is 10.2. The number of thiazole rings is 1. The summed E-state index contributed by atoms with van der Waals surface area (Å²) in [5, 5.41) is 3.35. The number of carbonyl (C=O) groups is 1. The highest BCUT2D eigenvalue weighted by Gasteiger charge is 2.28. The molecular weight excluding hydrogens is 277 g/mol. The average molecular weight is 294 g/mol. The number of nitrogens with zero attached hydrogens (tertiary/aromatic N) is 1. The first-order chi connectivity index (χ1) is 8.73. The fourth-order valence-electron chi connectivity index (χ4n) is 1.51. The van der Waals surface area contributed by atoms with Crippen molar-refractivity contribution in [2.45, 2.75) is 52.3 Å². The summed E-state index contributed by atoms with van der Waals surface area (Å²) in [6.07, 6.45) is -5.33. The molecule has 3 nitrogen and oxygen atoms in total. The Bertz CT molecular complexity index is 423. The third-order valence-electron chi connectivity index (χ3n) is 2.72. The SMILES string of the molecule is CC[C@@H](NC(=O)CCC(F)(F)F)c1nc(C)c(C)s1. The Labute approximate surface area is 114 Å². The summed E-state index contributed by atoms with van der Waals surface area (Å²) in [4.78, 5) is 16.9. The van der Waals surface area contributed by atoms with Crippen molar-refractivity contribution in [3.05, 3.63) is 15.6 Å². The molecule has 1 aromatic heterocycles. The minimum absolute atomic E-state index is 0.307. The molecule has 1 N–H and O–H groups in total. The Balaban J connectivity index is 2.60. The Morgan fingerprint density at radius 3 is 2.47 bits per heavy atom. The van der Waals surface area contributed by atoms with E-state index in [0.29, 0.717) is 6.42 Å². The number of amides is 1. The molecule has 0 bridgehead atoms. The summed E-state index contributed by atoms with van der Waals surface area (Å²) in [5.41, 5.74) is 0.892. The van der Waals surface area contributed by atoms with Crippen molar-refractivity contribution in [1.82, 2.24) is 10.3 Å². The van der Waals surface area contributed by atoms with E-state index in [9.17, 15) is 18.0 Å². The van der Waals surface area contributed by atoms with Crippen LogP contribution in [-0.2, 0) is 4.79 Å². The zero-order chi connectivity index (χ0) is 14.6. The number of rotatable bonds is 5. The predicted octanol–water partition coefficient (Wildman–Crippen LogP) is 3.67. The molecule has 1 rings (SSSR count). The minimum atomic E-state index is -4.30. The minimum Gasteiger partial charge on any atom is -0.347 e. The third kappa shape index (κ3) is 5.18. The monoisotopic (exact) mass is 294 g/mol. The van der Waals surface area contributed by atoms with Crippen LogP contribution in [0.5, 0.6) is 0 Å². The van der Waals surface area contributed by atoms with E-state index >= 15 is 0 Å². The predicted molar refractivity (Wildman–Crippen MR) is 68.1 cm³/mol. The zero-order valence-electron chi connectivity index (χ0n) is 11.1. The van der Waals surface area contributed by atoms with Gasteiger partial charge in [0.2, 0.25) is 5.91 Å². The first kappa shape index (κ1) is 15.9. The van der Waals surface area contributed by atoms with E-state index in [2.05, 4.69) is 10.3 Å². The van der Waals surface area contributed by atoms with Crippen LogP contribution in [0.2, 0.25) is 0 Å². The van der Waals surface area contributed by atoms with Crippen molar-refractivity contribution >= 4 is 17.2 Å². The fraction of sp³-hybridized carbons (Fsp3) is 0.667. The van der Waals surface area contributed by atoms with E-state index in [1.165, 1.54) is 11.3 Å². The molecule has 0 aromatic carbocycles. The van der Waals surface area contributed by atoms with Gasteiger partial charge < -0.3 is 5.32 Å². The van der Waals surface area contributed by atoms with Crippen LogP contribution < -0.4 is 5.32 Å². The number of carbonyl (C=O) groups excluding carboxylic acids is 1. The Hall–Kier alpha value is -1.11. The van der Waals surface area contributed by atoms with Crippen molar-refractivity contribution < 1.29 is 18.0 Å². The molecule has 1 amide bonds. The highest BCUT2D eigenvalue weighted by molar-refractivity contribution is 7.11. The Kier molecular flexibility index (Phi) is 5.34. The van der Waals surface area contributed by atoms with Crippen LogP contribution >= 0.6 is 11.3 Å². The number of aromatic nitrogens is 1. The highest BCUT2D eigenvalue weighted by Crippen LogP contribution is 2.26. The first-order valence-electron chi connectivity index (χ1n) is 6.03. The van der Waals surface area contributed by atoms with Crippen LogP contribution in [0.25, 0.3) is 0 Å². The van der Waals surface area contributed by atoms with E-state index < -0.39 is 24.9 Å². The fourth-order valence-corrected chi connectivity index (χ4v) is 2.56. The van der Waals surface area contributed by atoms with Gasteiger partial charge in [0.1, 0.15) is 5.01 Å². The second-order valence-electron chi connectivity index (χ2n) is 4.34. The molecule has 1 heterocycles. The maximum atomic E-state index is 12.0. The molecule has 19 heavy (non-hydrogen) atoms. The number of alkyl halides is 3. The van der Waals surface area contributed by atoms with Gasteiger partial charge >= 0.3 is 6.18 Å². The largest absolute Gasteiger partial charge is 0.389 e. The molecule has 0 unspecified atom stereocenters. The van der Waals surface area contributed by atoms with Gasteiger partial charge in [-0.25, -0.2) is 4.98 Å². The van der Waals surface area contributed by atoms with Crippen molar-refractivity contribution in [2.24, 2.45) is 0 Å². The summed E-state index contributed by atoms with van der Waals surface area (Å²) in [5.74, 6) is -0.588. The van der Waals surface area contributed by atoms with Gasteiger partial charge in [-0.15, -0.1) is 11.3 Å². The smallest absolute Gasteiger partial charge is 0.347 e. The lowest BCUT2D eigenvalue weighted by molar-refractivity contribution is -0.144. The van der Waals surface area contributed by atoms with Gasteiger partial charge in [0, 0.05) is 11.3 Å². The van der Waals surface area contributed by atoms with Gasteiger partial charge in [0.15, 0.2) is 0 Å². The van der Waals surface area contributed by atoms with Gasteiger partial charge in [0.05, 0.1) is 18.2 Å². The van der Waals surface area contributed by atoms with E-state index in [-0.39, 0.29) is 6.04 Å². The summed E-state index contributed by atoms with van der Waals surface area (Å²) >= 11 is 1.46. The molecule has 0 saturated carbocycles. The molecule has 7 heteroatoms. The Morgan fingerprint density at radius 1 is 1.42 bits per heavy atom. The topological polar surface area (TPSA) is 42.0 Å². The molecule has 0 fully saturated rings. The summed E-state index contributed by atoms with van der Waals surface area (Å²) in [7, 11) is 0. The maximum absolute atomic E-state index is 12.0. The van der Waals surface area contributed by atoms with Crippen molar-refractivity contribution in [3.63, 3.8) is 0 Å². The van der Waals surface area contributed by atoms with Gasteiger partial charge in [-0.3, -0.25) is 4.79 Å². The van der Waals surface area contributed by atoms with Crippen LogP contribution in [-0.4, -0.2) is 17.1 Å². The molecule has 0 aliphatic heterocycles. The van der Waals surface area contributed by atoms with E-state index in [1.54, 1.807) is 0 Å². The van der Waals surface area contributed by atoms with Crippen LogP contribution in [0, 0.1) is 13.8 Å². The second kappa shape index (κ2) is 6.36. The number of halogens is 3. The molecule has 0 aliphatic rings. The number of hydrogen-bond acceptors (Lipinski definition) is 3. The van der Waals surface area contributed by atoms with Gasteiger partial charge in [-0.05, 0) is 20.3 Å². The summed E-state index contributed by atoms with van der Waals surface area (Å²) in [6, 6.07) is -0.307. The number of hydrogen-bond donors (Lipinski definition) is 1. The second-order valence-corrected chi connectivity index (χ2v) is 5.57. The molecule has 108 valence electrons. The van der Waals surface area contributed by atoms with Crippen LogP contribution in [0.3, 0.4) is 0 Å². The molecular formula is C12H17F3N2OS. The maximum Gasteiger partial charge on any atom is 0.389 e. The molecule has 0 radical (unpaired) electrons. The standard InChI is InChI=1S/C12H17F3N2OS/c1-4-9(11-16-7(2)8(3)19-11)17-10(18)5-6-12(13,14)15/h9H,4-6H2,1-3H3,(H,17,18)/t9-/m1/s1. The average Bonchev–Trinajstić information content (AvgIpc) is 2.63. The van der Waals surface area contributed by atoms with Crippen LogP contribution in [0.1, 0.15) is 47.8 Å². The van der Waals surface area contributed by atoms with E-state index in [0.717, 1.165) is 15.6 Å². The van der Waals surface area contributed by atoms with Gasteiger partial charge in [-0.2, -0.15) is 13.2 Å². The van der Waals surface area contributed by atoms with Crippen LogP contribution in [0.4, 0.5) is 13.2 Å². The molecule has 1 aromatic rings. The summed E-state index contributed by atoms with van der Waals surface area (Å²) in [6.45, 7) is 5.66. The molecule has 1 atom stereocenters. The lowest BCUT2D eigenvalue weighted by Gasteiger charge is -2.14. The molecule has 0 saturated heterocycles. The van der Waals surface area contributed by atoms with Gasteiger partial charge in [0.25, 0.3) is 0 Å². The van der Waals surface area contributed by atoms with Crippen molar-refractivity contribution in [1.29, 1.82) is 0 Å². The number of aryl methyl sites for hydroxylation is 2. The Morgan fingerprint density at radius 2 is 2.05 bits per heavy atom. The number of nitrogens with one attached hydrogen (secondary N) is 1. The van der Waals surface area contributed by atoms with E-state index in [4.69, 9.17) is 0 Å². The summed E-state index contributed by atoms with van der Waals surface area (Å²) < 4.78 is 36.1. The van der Waals surface area contributed by atoms with Crippen LogP contribution in [0.15, 0.2) is 0 Å². The van der Waals surface area contributed by atoms with Crippen molar-refractivity contribution in [2.75, 3.05) is 0 Å². The zero-order valence-corrected chi connectivity index (χ0v) is 11.9. The normalized spacial score (nSPS) is 13.4. The van der Waals surface area contributed by atoms with Crippen molar-refractivity contribution in [3.8, 4) is 0 Å². The van der Waals surface area contributed by atoms with Gasteiger partial charge in [-0.1, -0.05) is 6.92 Å². The third-order valence-corrected chi connectivity index (χ3v) is 3.91. The molecule has 0 aliphatic carbocycles.